The van der Waals surface area contributed by atoms with Gasteiger partial charge >= 0.3 is 5.95 Å². The molecule has 1 heterocycles. The van der Waals surface area contributed by atoms with Crippen LogP contribution in [0, 0.1) is 0 Å². The highest BCUT2D eigenvalue weighted by molar-refractivity contribution is 5.73. The van der Waals surface area contributed by atoms with Crippen LogP contribution < -0.4 is 19.8 Å². The summed E-state index contributed by atoms with van der Waals surface area (Å²) in [6, 6.07) is 15.4. The number of anilines is 1. The molecule has 0 bridgehead atoms. The van der Waals surface area contributed by atoms with Crippen molar-refractivity contribution in [1.29, 1.82) is 0 Å². The molecule has 1 aromatic heterocycles. The van der Waals surface area contributed by atoms with Crippen molar-refractivity contribution >= 4 is 17.0 Å². The smallest absolute Gasteiger partial charge is 0.356 e. The van der Waals surface area contributed by atoms with E-state index in [2.05, 4.69) is 17.6 Å². The van der Waals surface area contributed by atoms with Gasteiger partial charge in [0.15, 0.2) is 0 Å². The molecule has 0 radical (unpaired) electrons. The first kappa shape index (κ1) is 19.0. The number of aryl methyl sites for hydroxylation is 1. The van der Waals surface area contributed by atoms with E-state index in [0.717, 1.165) is 36.2 Å². The molecule has 0 aliphatic rings. The van der Waals surface area contributed by atoms with Gasteiger partial charge in [0, 0.05) is 0 Å². The maximum Gasteiger partial charge on any atom is 0.356 e. The predicted molar refractivity (Wildman–Crippen MR) is 106 cm³/mol. The van der Waals surface area contributed by atoms with Crippen molar-refractivity contribution in [2.45, 2.75) is 39.0 Å². The minimum Gasteiger partial charge on any atom is -0.497 e. The molecule has 3 N–H and O–H groups in total. The molecule has 6 heteroatoms. The van der Waals surface area contributed by atoms with Crippen LogP contribution in [0.25, 0.3) is 11.0 Å². The summed E-state index contributed by atoms with van der Waals surface area (Å²) < 4.78 is 14.9. The number of ether oxygens (including phenoxy) is 2. The Hall–Kier alpha value is -2.73. The fourth-order valence-electron chi connectivity index (χ4n) is 3.18. The summed E-state index contributed by atoms with van der Waals surface area (Å²) in [5, 5.41) is 10.5. The molecule has 27 heavy (non-hydrogen) atoms. The minimum atomic E-state index is -0.676. The average molecular weight is 370 g/mol. The Morgan fingerprint density at radius 2 is 1.81 bits per heavy atom. The number of methoxy groups -OCH3 is 1. The number of imidazole rings is 1. The van der Waals surface area contributed by atoms with Gasteiger partial charge in [-0.05, 0) is 42.8 Å². The molecular formula is C21H28N3O3+. The number of hydrogen-bond acceptors (Lipinski definition) is 4. The van der Waals surface area contributed by atoms with E-state index in [-0.39, 0.29) is 6.61 Å². The number of aromatic nitrogens is 2. The normalized spacial score (nSPS) is 12.3. The van der Waals surface area contributed by atoms with Gasteiger partial charge in [-0.25, -0.2) is 9.13 Å². The number of unbranched alkanes of at least 4 members (excludes halogenated alkanes) is 1. The van der Waals surface area contributed by atoms with Gasteiger partial charge in [0.05, 0.1) is 13.7 Å². The summed E-state index contributed by atoms with van der Waals surface area (Å²) in [5.41, 5.74) is 8.52. The van der Waals surface area contributed by atoms with Gasteiger partial charge in [-0.1, -0.05) is 25.5 Å². The number of hydrogen-bond donors (Lipinski definition) is 2. The molecular weight excluding hydrogens is 342 g/mol. The number of fused-ring (bicyclic) bond motifs is 1. The highest BCUT2D eigenvalue weighted by Crippen LogP contribution is 2.19. The van der Waals surface area contributed by atoms with Crippen molar-refractivity contribution in [1.82, 2.24) is 4.57 Å². The lowest BCUT2D eigenvalue weighted by molar-refractivity contribution is -0.665. The molecule has 2 aromatic carbocycles. The Bertz CT molecular complexity index is 874. The summed E-state index contributed by atoms with van der Waals surface area (Å²) in [7, 11) is 1.62. The summed E-state index contributed by atoms with van der Waals surface area (Å²) in [6.45, 7) is 3.60. The van der Waals surface area contributed by atoms with Crippen LogP contribution in [0.3, 0.4) is 0 Å². The van der Waals surface area contributed by atoms with Gasteiger partial charge in [0.2, 0.25) is 0 Å². The van der Waals surface area contributed by atoms with Gasteiger partial charge in [0.1, 0.15) is 41.8 Å². The molecule has 0 spiro atoms. The Kier molecular flexibility index (Phi) is 6.19. The number of aliphatic hydroxyl groups excluding tert-OH is 1. The molecule has 0 unspecified atom stereocenters. The summed E-state index contributed by atoms with van der Waals surface area (Å²) in [5.74, 6) is 2.12. The maximum atomic E-state index is 10.5. The second-order valence-corrected chi connectivity index (χ2v) is 6.60. The molecule has 0 aliphatic carbocycles. The maximum absolute atomic E-state index is 10.5. The zero-order valence-corrected chi connectivity index (χ0v) is 16.0. The van der Waals surface area contributed by atoms with Gasteiger partial charge in [-0.3, -0.25) is 5.73 Å². The standard InChI is InChI=1S/C21H27N3O3/c1-3-4-13-23-19-7-5-6-8-20(19)24(21(23)22)14-16(25)15-27-18-11-9-17(26-2)10-12-18/h5-12,16,22,25H,3-4,13-15H2,1-2H3/p+1/t16-/m0/s1. The second kappa shape index (κ2) is 8.77. The zero-order valence-electron chi connectivity index (χ0n) is 16.0. The second-order valence-electron chi connectivity index (χ2n) is 6.60. The highest BCUT2D eigenvalue weighted by Gasteiger charge is 2.22. The van der Waals surface area contributed by atoms with Crippen molar-refractivity contribution in [2.75, 3.05) is 19.5 Å². The first-order chi connectivity index (χ1) is 13.1. The van der Waals surface area contributed by atoms with E-state index < -0.39 is 6.10 Å². The number of benzene rings is 2. The van der Waals surface area contributed by atoms with Crippen molar-refractivity contribution in [2.24, 2.45) is 0 Å². The van der Waals surface area contributed by atoms with E-state index in [1.807, 2.05) is 47.0 Å². The van der Waals surface area contributed by atoms with Gasteiger partial charge in [0.25, 0.3) is 0 Å². The molecule has 0 amide bonds. The lowest BCUT2D eigenvalue weighted by Crippen LogP contribution is -2.43. The Labute approximate surface area is 159 Å². The number of para-hydroxylation sites is 2. The van der Waals surface area contributed by atoms with E-state index in [4.69, 9.17) is 15.2 Å². The fourth-order valence-corrected chi connectivity index (χ4v) is 3.18. The number of nitrogens with two attached hydrogens (primary N) is 1. The third-order valence-electron chi connectivity index (χ3n) is 4.65. The van der Waals surface area contributed by atoms with Crippen LogP contribution in [-0.4, -0.2) is 29.5 Å². The first-order valence-corrected chi connectivity index (χ1v) is 9.35. The molecule has 144 valence electrons. The van der Waals surface area contributed by atoms with Crippen molar-refractivity contribution < 1.29 is 19.1 Å². The highest BCUT2D eigenvalue weighted by atomic mass is 16.5. The lowest BCUT2D eigenvalue weighted by atomic mass is 10.3. The van der Waals surface area contributed by atoms with E-state index >= 15 is 0 Å². The quantitative estimate of drug-likeness (QED) is 0.568. The predicted octanol–water partition coefficient (Wildman–Crippen LogP) is 2.76. The van der Waals surface area contributed by atoms with Crippen LogP contribution >= 0.6 is 0 Å². The molecule has 0 aliphatic heterocycles. The lowest BCUT2D eigenvalue weighted by Gasteiger charge is -2.12. The van der Waals surface area contributed by atoms with Crippen LogP contribution in [0.5, 0.6) is 11.5 Å². The fraction of sp³-hybridized carbons (Fsp3) is 0.381. The van der Waals surface area contributed by atoms with Crippen molar-refractivity contribution in [3.8, 4) is 11.5 Å². The Morgan fingerprint density at radius 1 is 1.11 bits per heavy atom. The largest absolute Gasteiger partial charge is 0.497 e. The molecule has 0 fully saturated rings. The Balaban J connectivity index is 1.72. The summed E-state index contributed by atoms with van der Waals surface area (Å²) in [4.78, 5) is 0. The summed E-state index contributed by atoms with van der Waals surface area (Å²) in [6.07, 6.45) is 1.49. The van der Waals surface area contributed by atoms with Crippen LogP contribution in [-0.2, 0) is 13.1 Å². The summed E-state index contributed by atoms with van der Waals surface area (Å²) >= 11 is 0. The van der Waals surface area contributed by atoms with Gasteiger partial charge < -0.3 is 14.6 Å². The minimum absolute atomic E-state index is 0.188. The van der Waals surface area contributed by atoms with E-state index in [1.54, 1.807) is 7.11 Å². The third kappa shape index (κ3) is 4.34. The molecule has 3 rings (SSSR count). The molecule has 0 saturated carbocycles. The first-order valence-electron chi connectivity index (χ1n) is 9.35. The van der Waals surface area contributed by atoms with Gasteiger partial charge in [-0.15, -0.1) is 0 Å². The zero-order chi connectivity index (χ0) is 19.2. The monoisotopic (exact) mass is 370 g/mol. The van der Waals surface area contributed by atoms with Crippen LogP contribution in [0.15, 0.2) is 48.5 Å². The van der Waals surface area contributed by atoms with Crippen LogP contribution in [0.1, 0.15) is 19.8 Å². The third-order valence-corrected chi connectivity index (χ3v) is 4.65. The number of aliphatic hydroxyl groups is 1. The van der Waals surface area contributed by atoms with Crippen molar-refractivity contribution in [3.05, 3.63) is 48.5 Å². The molecule has 1 atom stereocenters. The van der Waals surface area contributed by atoms with Crippen LogP contribution in [0.2, 0.25) is 0 Å². The molecule has 3 aromatic rings. The van der Waals surface area contributed by atoms with E-state index in [0.29, 0.717) is 18.2 Å². The number of rotatable bonds is 9. The number of nitrogen functional groups attached to an aromatic ring is 1. The number of nitrogens with zero attached hydrogens (tertiary/aromatic N) is 2. The van der Waals surface area contributed by atoms with Crippen molar-refractivity contribution in [3.63, 3.8) is 0 Å². The molecule has 0 saturated heterocycles. The average Bonchev–Trinajstić information content (AvgIpc) is 2.96. The topological polar surface area (TPSA) is 73.5 Å². The Morgan fingerprint density at radius 3 is 2.52 bits per heavy atom. The van der Waals surface area contributed by atoms with Crippen LogP contribution in [0.4, 0.5) is 5.95 Å². The molecule has 6 nitrogen and oxygen atoms in total. The SMILES string of the molecule is CCCCn1c(N)[n+](C[C@H](O)COc2ccc(OC)cc2)c2ccccc21. The van der Waals surface area contributed by atoms with Gasteiger partial charge in [-0.2, -0.15) is 0 Å². The van der Waals surface area contributed by atoms with E-state index in [9.17, 15) is 5.11 Å². The van der Waals surface area contributed by atoms with E-state index in [1.165, 1.54) is 0 Å².